The van der Waals surface area contributed by atoms with Crippen molar-refractivity contribution < 1.29 is 14.3 Å². The average Bonchev–Trinajstić information content (AvgIpc) is 2.94. The number of aliphatic hydroxyl groups is 1. The first kappa shape index (κ1) is 16.6. The molecule has 0 bridgehead atoms. The first-order valence-corrected chi connectivity index (χ1v) is 8.72. The maximum atomic E-state index is 12.6. The van der Waals surface area contributed by atoms with Crippen molar-refractivity contribution in [1.29, 1.82) is 0 Å². The molecule has 0 unspecified atom stereocenters. The molecule has 2 aromatic carbocycles. The van der Waals surface area contributed by atoms with Crippen molar-refractivity contribution in [3.05, 3.63) is 70.7 Å². The van der Waals surface area contributed by atoms with Crippen molar-refractivity contribution in [3.63, 3.8) is 0 Å². The van der Waals surface area contributed by atoms with Gasteiger partial charge < -0.3 is 14.8 Å². The van der Waals surface area contributed by atoms with E-state index in [4.69, 9.17) is 4.42 Å². The zero-order valence-corrected chi connectivity index (χ0v) is 14.2. The molecule has 6 heteroatoms. The average molecular weight is 352 g/mol. The van der Waals surface area contributed by atoms with Crippen molar-refractivity contribution >= 4 is 17.0 Å². The summed E-state index contributed by atoms with van der Waals surface area (Å²) in [5, 5.41) is 12.7. The monoisotopic (exact) mass is 352 g/mol. The topological polar surface area (TPSA) is 84.5 Å². The molecule has 4 rings (SSSR count). The van der Waals surface area contributed by atoms with E-state index in [9.17, 15) is 14.7 Å². The number of nitrogens with one attached hydrogen (secondary N) is 1. The molecule has 1 atom stereocenters. The fourth-order valence-corrected chi connectivity index (χ4v) is 3.56. The molecule has 26 heavy (non-hydrogen) atoms. The number of amides is 1. The Balaban J connectivity index is 1.55. The van der Waals surface area contributed by atoms with Gasteiger partial charge in [-0.05, 0) is 36.5 Å². The Labute approximate surface area is 150 Å². The minimum atomic E-state index is -0.545. The highest BCUT2D eigenvalue weighted by atomic mass is 16.4. The van der Waals surface area contributed by atoms with E-state index in [0.717, 1.165) is 5.56 Å². The maximum absolute atomic E-state index is 12.6. The third-order valence-electron chi connectivity index (χ3n) is 4.97. The zero-order chi connectivity index (χ0) is 18.1. The third kappa shape index (κ3) is 3.15. The standard InChI is InChI=1S/C20H20N2O4/c23-15-10-14(11-15)19(13-6-2-1-3-7-13)21-18(24)12-22-16-8-4-5-9-17(16)26-20(22)25/h1-9,14-15,19,23H,10-12H2,(H,21,24)/t14?,15?,19-/m0/s1. The quantitative estimate of drug-likeness (QED) is 0.737. The summed E-state index contributed by atoms with van der Waals surface area (Å²) in [5.74, 6) is -0.611. The Morgan fingerprint density at radius 1 is 1.15 bits per heavy atom. The summed E-state index contributed by atoms with van der Waals surface area (Å²) < 4.78 is 6.51. The van der Waals surface area contributed by atoms with Gasteiger partial charge in [0.05, 0.1) is 17.7 Å². The number of aromatic nitrogens is 1. The van der Waals surface area contributed by atoms with Crippen molar-refractivity contribution in [2.75, 3.05) is 0 Å². The van der Waals surface area contributed by atoms with Crippen LogP contribution in [0, 0.1) is 5.92 Å². The van der Waals surface area contributed by atoms with Gasteiger partial charge in [0.2, 0.25) is 5.91 Å². The Bertz CT molecular complexity index is 970. The Hall–Kier alpha value is -2.86. The van der Waals surface area contributed by atoms with Gasteiger partial charge in [0.25, 0.3) is 0 Å². The second-order valence-corrected chi connectivity index (χ2v) is 6.76. The van der Waals surface area contributed by atoms with Gasteiger partial charge in [-0.2, -0.15) is 0 Å². The molecule has 3 aromatic rings. The minimum absolute atomic E-state index is 0.103. The van der Waals surface area contributed by atoms with E-state index < -0.39 is 5.76 Å². The van der Waals surface area contributed by atoms with Crippen LogP contribution in [0.15, 0.2) is 63.8 Å². The molecule has 1 amide bonds. The fraction of sp³-hybridized carbons (Fsp3) is 0.300. The maximum Gasteiger partial charge on any atom is 0.420 e. The predicted octanol–water partition coefficient (Wildman–Crippen LogP) is 2.22. The number of hydrogen-bond donors (Lipinski definition) is 2. The first-order valence-electron chi connectivity index (χ1n) is 8.72. The van der Waals surface area contributed by atoms with E-state index in [0.29, 0.717) is 23.9 Å². The van der Waals surface area contributed by atoms with E-state index in [2.05, 4.69) is 5.32 Å². The number of oxazole rings is 1. The molecule has 0 aliphatic heterocycles. The van der Waals surface area contributed by atoms with Gasteiger partial charge in [-0.3, -0.25) is 9.36 Å². The summed E-state index contributed by atoms with van der Waals surface area (Å²) >= 11 is 0. The minimum Gasteiger partial charge on any atom is -0.408 e. The van der Waals surface area contributed by atoms with Crippen LogP contribution in [0.3, 0.4) is 0 Å². The molecule has 2 N–H and O–H groups in total. The predicted molar refractivity (Wildman–Crippen MR) is 96.5 cm³/mol. The molecule has 0 radical (unpaired) electrons. The molecule has 0 saturated heterocycles. The molecular weight excluding hydrogens is 332 g/mol. The number of rotatable bonds is 5. The SMILES string of the molecule is O=C(Cn1c(=O)oc2ccccc21)N[C@@H](c1ccccc1)C1CC(O)C1. The number of benzene rings is 2. The molecule has 6 nitrogen and oxygen atoms in total. The van der Waals surface area contributed by atoms with Crippen LogP contribution in [0.1, 0.15) is 24.4 Å². The van der Waals surface area contributed by atoms with Gasteiger partial charge >= 0.3 is 5.76 Å². The lowest BCUT2D eigenvalue weighted by Crippen LogP contribution is -2.42. The lowest BCUT2D eigenvalue weighted by Gasteiger charge is -2.38. The van der Waals surface area contributed by atoms with E-state index in [1.54, 1.807) is 24.3 Å². The lowest BCUT2D eigenvalue weighted by atomic mass is 9.75. The van der Waals surface area contributed by atoms with Crippen molar-refractivity contribution in [3.8, 4) is 0 Å². The van der Waals surface area contributed by atoms with E-state index in [1.807, 2.05) is 30.3 Å². The molecule has 134 valence electrons. The number of para-hydroxylation sites is 2. The summed E-state index contributed by atoms with van der Waals surface area (Å²) in [4.78, 5) is 24.7. The van der Waals surface area contributed by atoms with Crippen LogP contribution in [0.5, 0.6) is 0 Å². The molecule has 1 fully saturated rings. The summed E-state index contributed by atoms with van der Waals surface area (Å²) in [6, 6.07) is 16.6. The Morgan fingerprint density at radius 2 is 1.85 bits per heavy atom. The summed E-state index contributed by atoms with van der Waals surface area (Å²) in [6.45, 7) is -0.103. The molecule has 1 aromatic heterocycles. The van der Waals surface area contributed by atoms with Crippen molar-refractivity contribution in [1.82, 2.24) is 9.88 Å². The van der Waals surface area contributed by atoms with Gasteiger partial charge in [0.1, 0.15) is 6.54 Å². The lowest BCUT2D eigenvalue weighted by molar-refractivity contribution is -0.123. The number of hydrogen-bond acceptors (Lipinski definition) is 4. The van der Waals surface area contributed by atoms with Crippen LogP contribution < -0.4 is 11.1 Å². The highest BCUT2D eigenvalue weighted by molar-refractivity contribution is 5.79. The normalized spacial score (nSPS) is 20.5. The highest BCUT2D eigenvalue weighted by Gasteiger charge is 2.35. The van der Waals surface area contributed by atoms with Gasteiger partial charge in [-0.1, -0.05) is 42.5 Å². The van der Waals surface area contributed by atoms with Crippen LogP contribution in [0.2, 0.25) is 0 Å². The van der Waals surface area contributed by atoms with Crippen molar-refractivity contribution in [2.24, 2.45) is 5.92 Å². The Morgan fingerprint density at radius 3 is 2.58 bits per heavy atom. The molecule has 1 saturated carbocycles. The third-order valence-corrected chi connectivity index (χ3v) is 4.97. The smallest absolute Gasteiger partial charge is 0.408 e. The van der Waals surface area contributed by atoms with Gasteiger partial charge in [-0.15, -0.1) is 0 Å². The van der Waals surface area contributed by atoms with E-state index in [-0.39, 0.29) is 30.5 Å². The molecule has 1 aliphatic carbocycles. The van der Waals surface area contributed by atoms with Gasteiger partial charge in [0.15, 0.2) is 5.58 Å². The largest absolute Gasteiger partial charge is 0.420 e. The van der Waals surface area contributed by atoms with Gasteiger partial charge in [0, 0.05) is 0 Å². The summed E-state index contributed by atoms with van der Waals surface area (Å²) in [7, 11) is 0. The van der Waals surface area contributed by atoms with Gasteiger partial charge in [-0.25, -0.2) is 4.79 Å². The second-order valence-electron chi connectivity index (χ2n) is 6.76. The van der Waals surface area contributed by atoms with Crippen LogP contribution in [0.4, 0.5) is 0 Å². The fourth-order valence-electron chi connectivity index (χ4n) is 3.56. The Kier molecular flexibility index (Phi) is 4.34. The second kappa shape index (κ2) is 6.80. The van der Waals surface area contributed by atoms with Crippen molar-refractivity contribution in [2.45, 2.75) is 31.5 Å². The van der Waals surface area contributed by atoms with E-state index >= 15 is 0 Å². The van der Waals surface area contributed by atoms with Crippen LogP contribution >= 0.6 is 0 Å². The number of carbonyl (C=O) groups excluding carboxylic acids is 1. The van der Waals surface area contributed by atoms with Crippen LogP contribution in [-0.2, 0) is 11.3 Å². The summed E-state index contributed by atoms with van der Waals surface area (Å²) in [5.41, 5.74) is 2.07. The zero-order valence-electron chi connectivity index (χ0n) is 14.2. The highest BCUT2D eigenvalue weighted by Crippen LogP contribution is 2.38. The number of aliphatic hydroxyl groups excluding tert-OH is 1. The van der Waals surface area contributed by atoms with Crippen LogP contribution in [0.25, 0.3) is 11.1 Å². The van der Waals surface area contributed by atoms with E-state index in [1.165, 1.54) is 4.57 Å². The molecule has 0 spiro atoms. The van der Waals surface area contributed by atoms with Crippen LogP contribution in [-0.4, -0.2) is 21.7 Å². The number of carbonyl (C=O) groups is 1. The summed E-state index contributed by atoms with van der Waals surface area (Å²) in [6.07, 6.45) is 1.02. The number of fused-ring (bicyclic) bond motifs is 1. The molecular formula is C20H20N2O4. The first-order chi connectivity index (χ1) is 12.6. The molecule has 1 heterocycles. The molecule has 1 aliphatic rings. The number of nitrogens with zero attached hydrogens (tertiary/aromatic N) is 1.